The van der Waals surface area contributed by atoms with Gasteiger partial charge in [0.05, 0.1) is 19.9 Å². The maximum Gasteiger partial charge on any atom is 0.349 e. The van der Waals surface area contributed by atoms with Crippen LogP contribution in [0, 0.1) is 0 Å². The summed E-state index contributed by atoms with van der Waals surface area (Å²) in [6, 6.07) is 19.6. The molecule has 0 fully saturated rings. The second kappa shape index (κ2) is 8.06. The van der Waals surface area contributed by atoms with E-state index in [0.29, 0.717) is 23.3 Å². The van der Waals surface area contributed by atoms with Crippen molar-refractivity contribution >= 4 is 16.9 Å². The number of carbonyl (C=O) groups is 1. The smallest absolute Gasteiger partial charge is 0.349 e. The second-order valence-corrected chi connectivity index (χ2v) is 6.57. The van der Waals surface area contributed by atoms with Crippen molar-refractivity contribution in [3.8, 4) is 5.75 Å². The van der Waals surface area contributed by atoms with Gasteiger partial charge in [-0.1, -0.05) is 30.3 Å². The fourth-order valence-electron chi connectivity index (χ4n) is 3.12. The number of amides is 1. The quantitative estimate of drug-likeness (QED) is 0.461. The van der Waals surface area contributed by atoms with Crippen molar-refractivity contribution in [2.75, 3.05) is 7.11 Å². The third-order valence-corrected chi connectivity index (χ3v) is 4.62. The van der Waals surface area contributed by atoms with E-state index in [9.17, 15) is 9.59 Å². The number of methoxy groups -OCH3 is 1. The van der Waals surface area contributed by atoms with E-state index in [1.165, 1.54) is 0 Å². The van der Waals surface area contributed by atoms with Crippen LogP contribution in [0.5, 0.6) is 5.75 Å². The molecule has 6 heteroatoms. The maximum atomic E-state index is 13.3. The highest BCUT2D eigenvalue weighted by atomic mass is 16.5. The van der Waals surface area contributed by atoms with Crippen molar-refractivity contribution in [2.45, 2.75) is 13.1 Å². The molecular formula is C23H19NO5. The second-order valence-electron chi connectivity index (χ2n) is 6.57. The lowest BCUT2D eigenvalue weighted by Gasteiger charge is -2.21. The van der Waals surface area contributed by atoms with Crippen molar-refractivity contribution in [1.29, 1.82) is 0 Å². The number of ether oxygens (including phenoxy) is 1. The summed E-state index contributed by atoms with van der Waals surface area (Å²) in [6.45, 7) is 0.528. The molecule has 6 nitrogen and oxygen atoms in total. The van der Waals surface area contributed by atoms with Crippen molar-refractivity contribution in [3.63, 3.8) is 0 Å². The third-order valence-electron chi connectivity index (χ3n) is 4.62. The van der Waals surface area contributed by atoms with Gasteiger partial charge in [-0.15, -0.1) is 0 Å². The molecule has 0 spiro atoms. The predicted octanol–water partition coefficient (Wildman–Crippen LogP) is 4.24. The van der Waals surface area contributed by atoms with Gasteiger partial charge in [-0.3, -0.25) is 4.79 Å². The van der Waals surface area contributed by atoms with E-state index in [1.54, 1.807) is 54.7 Å². The zero-order chi connectivity index (χ0) is 20.2. The van der Waals surface area contributed by atoms with Crippen molar-refractivity contribution in [3.05, 3.63) is 100 Å². The molecule has 0 saturated heterocycles. The molecule has 1 amide bonds. The number of fused-ring (bicyclic) bond motifs is 1. The lowest BCUT2D eigenvalue weighted by atomic mass is 10.1. The van der Waals surface area contributed by atoms with E-state index in [4.69, 9.17) is 13.6 Å². The van der Waals surface area contributed by atoms with Gasteiger partial charge in [-0.05, 0) is 42.0 Å². The first-order valence-corrected chi connectivity index (χ1v) is 9.11. The highest BCUT2D eigenvalue weighted by Gasteiger charge is 2.22. The molecule has 0 bridgehead atoms. The van der Waals surface area contributed by atoms with Gasteiger partial charge < -0.3 is 18.5 Å². The Morgan fingerprint density at radius 1 is 1.00 bits per heavy atom. The summed E-state index contributed by atoms with van der Waals surface area (Å²) in [5, 5.41) is 0.692. The summed E-state index contributed by atoms with van der Waals surface area (Å²) < 4.78 is 15.9. The average Bonchev–Trinajstić information content (AvgIpc) is 3.26. The SMILES string of the molecule is COc1ccc(CN(Cc2ccco2)C(=O)c2cc3ccccc3oc2=O)cc1. The Bertz CT molecular complexity index is 1180. The average molecular weight is 389 g/mol. The fourth-order valence-corrected chi connectivity index (χ4v) is 3.12. The number of para-hydroxylation sites is 1. The Kier molecular flexibility index (Phi) is 5.16. The predicted molar refractivity (Wildman–Crippen MR) is 108 cm³/mol. The van der Waals surface area contributed by atoms with E-state index in [0.717, 1.165) is 11.3 Å². The first kappa shape index (κ1) is 18.6. The summed E-state index contributed by atoms with van der Waals surface area (Å²) in [4.78, 5) is 27.3. The molecule has 0 unspecified atom stereocenters. The molecule has 0 N–H and O–H groups in total. The number of hydrogen-bond donors (Lipinski definition) is 0. The van der Waals surface area contributed by atoms with Crippen LogP contribution in [-0.2, 0) is 13.1 Å². The third kappa shape index (κ3) is 4.06. The normalized spacial score (nSPS) is 10.8. The minimum atomic E-state index is -0.659. The van der Waals surface area contributed by atoms with Crippen molar-refractivity contribution in [1.82, 2.24) is 4.90 Å². The van der Waals surface area contributed by atoms with Gasteiger partial charge in [0.2, 0.25) is 0 Å². The lowest BCUT2D eigenvalue weighted by molar-refractivity contribution is 0.0713. The maximum absolute atomic E-state index is 13.3. The topological polar surface area (TPSA) is 72.9 Å². The van der Waals surface area contributed by atoms with Crippen LogP contribution in [0.4, 0.5) is 0 Å². The number of rotatable bonds is 6. The largest absolute Gasteiger partial charge is 0.497 e. The molecule has 0 saturated carbocycles. The van der Waals surface area contributed by atoms with Crippen LogP contribution in [0.3, 0.4) is 0 Å². The van der Waals surface area contributed by atoms with Crippen LogP contribution in [0.1, 0.15) is 21.7 Å². The van der Waals surface area contributed by atoms with Gasteiger partial charge in [-0.2, -0.15) is 0 Å². The molecule has 0 radical (unpaired) electrons. The summed E-state index contributed by atoms with van der Waals surface area (Å²) >= 11 is 0. The lowest BCUT2D eigenvalue weighted by Crippen LogP contribution is -2.33. The Balaban J connectivity index is 1.68. The van der Waals surface area contributed by atoms with Gasteiger partial charge in [0.25, 0.3) is 5.91 Å². The van der Waals surface area contributed by atoms with Gasteiger partial charge in [0, 0.05) is 11.9 Å². The Labute approximate surface area is 166 Å². The standard InChI is InChI=1S/C23H19NO5/c1-27-18-10-8-16(9-11-18)14-24(15-19-6-4-12-28-19)22(25)20-13-17-5-2-3-7-21(17)29-23(20)26/h2-13H,14-15H2,1H3. The van der Waals surface area contributed by atoms with Crippen LogP contribution in [0.15, 0.2) is 86.6 Å². The molecule has 2 heterocycles. The molecule has 29 heavy (non-hydrogen) atoms. The van der Waals surface area contributed by atoms with Gasteiger partial charge >= 0.3 is 5.63 Å². The van der Waals surface area contributed by atoms with Gasteiger partial charge in [0.1, 0.15) is 22.7 Å². The molecule has 0 aliphatic heterocycles. The number of furan rings is 1. The van der Waals surface area contributed by atoms with E-state index in [-0.39, 0.29) is 12.1 Å². The van der Waals surface area contributed by atoms with Crippen LogP contribution >= 0.6 is 0 Å². The minimum absolute atomic E-state index is 0.0104. The molecule has 0 aliphatic rings. The number of benzene rings is 2. The zero-order valence-corrected chi connectivity index (χ0v) is 15.8. The number of carbonyl (C=O) groups excluding carboxylic acids is 1. The number of nitrogens with zero attached hydrogens (tertiary/aromatic N) is 1. The summed E-state index contributed by atoms with van der Waals surface area (Å²) in [7, 11) is 1.60. The van der Waals surface area contributed by atoms with Gasteiger partial charge in [0.15, 0.2) is 0 Å². The molecule has 2 aromatic heterocycles. The first-order valence-electron chi connectivity index (χ1n) is 9.11. The molecule has 146 valence electrons. The fraction of sp³-hybridized carbons (Fsp3) is 0.130. The molecule has 2 aromatic carbocycles. The van der Waals surface area contributed by atoms with Crippen molar-refractivity contribution in [2.24, 2.45) is 0 Å². The molecule has 0 atom stereocenters. The zero-order valence-electron chi connectivity index (χ0n) is 15.8. The Morgan fingerprint density at radius 3 is 2.52 bits per heavy atom. The molecular weight excluding hydrogens is 370 g/mol. The molecule has 4 aromatic rings. The van der Waals surface area contributed by atoms with E-state index in [1.807, 2.05) is 30.3 Å². The highest BCUT2D eigenvalue weighted by molar-refractivity contribution is 5.96. The van der Waals surface area contributed by atoms with E-state index < -0.39 is 11.5 Å². The van der Waals surface area contributed by atoms with E-state index >= 15 is 0 Å². The summed E-state index contributed by atoms with van der Waals surface area (Å²) in [5.41, 5.74) is 0.675. The van der Waals surface area contributed by atoms with Crippen molar-refractivity contribution < 1.29 is 18.4 Å². The summed E-state index contributed by atoms with van der Waals surface area (Å²) in [6.07, 6.45) is 1.55. The minimum Gasteiger partial charge on any atom is -0.497 e. The van der Waals surface area contributed by atoms with Crippen LogP contribution in [0.2, 0.25) is 0 Å². The van der Waals surface area contributed by atoms with Crippen LogP contribution in [0.25, 0.3) is 11.0 Å². The van der Waals surface area contributed by atoms with Crippen LogP contribution < -0.4 is 10.4 Å². The van der Waals surface area contributed by atoms with Gasteiger partial charge in [-0.25, -0.2) is 4.79 Å². The highest BCUT2D eigenvalue weighted by Crippen LogP contribution is 2.18. The summed E-state index contributed by atoms with van der Waals surface area (Å²) in [5.74, 6) is 0.932. The Hall–Kier alpha value is -3.80. The Morgan fingerprint density at radius 2 is 1.79 bits per heavy atom. The number of hydrogen-bond acceptors (Lipinski definition) is 5. The molecule has 4 rings (SSSR count). The van der Waals surface area contributed by atoms with Crippen LogP contribution in [-0.4, -0.2) is 17.9 Å². The first-order chi connectivity index (χ1) is 14.1. The molecule has 0 aliphatic carbocycles. The van der Waals surface area contributed by atoms with E-state index in [2.05, 4.69) is 0 Å². The monoisotopic (exact) mass is 389 g/mol.